The predicted molar refractivity (Wildman–Crippen MR) is 501 cm³/mol. The molecule has 16 aromatic rings. The molecule has 799 valence electrons. The first-order valence-electron chi connectivity index (χ1n) is 41.8. The van der Waals surface area contributed by atoms with Crippen molar-refractivity contribution in [3.05, 3.63) is 477 Å². The second-order valence-electron chi connectivity index (χ2n) is 27.7. The molecule has 0 saturated heterocycles. The summed E-state index contributed by atoms with van der Waals surface area (Å²) in [5.41, 5.74) is 5.85. The van der Waals surface area contributed by atoms with Gasteiger partial charge in [-0.3, -0.25) is 73.4 Å². The van der Waals surface area contributed by atoms with E-state index in [2.05, 4.69) is 106 Å². The van der Waals surface area contributed by atoms with Crippen LogP contribution in [0.1, 0.15) is 59.6 Å². The number of rotatable bonds is 21. The third kappa shape index (κ3) is 49.2. The molecule has 0 saturated carbocycles. The number of imide groups is 1. The summed E-state index contributed by atoms with van der Waals surface area (Å²) >= 11 is 0. The van der Waals surface area contributed by atoms with Crippen LogP contribution in [-0.4, -0.2) is 107 Å². The van der Waals surface area contributed by atoms with E-state index < -0.39 is 112 Å². The Hall–Kier alpha value is -13.0. The van der Waals surface area contributed by atoms with Gasteiger partial charge in [0, 0.05) is 243 Å². The van der Waals surface area contributed by atoms with E-state index in [0.29, 0.717) is 53.9 Å². The Kier molecular flexibility index (Phi) is 62.2. The number of aryl methyl sites for hydroxylation is 1. The Morgan fingerprint density at radius 2 is 0.667 bits per heavy atom. The van der Waals surface area contributed by atoms with Crippen LogP contribution in [0.4, 0.5) is 74.6 Å². The topological polar surface area (TPSA) is 337 Å². The minimum Gasteiger partial charge on any atom is -0.649 e. The zero-order valence-electron chi connectivity index (χ0n) is 77.7. The average Bonchev–Trinajstić information content (AvgIpc) is 0.823. The van der Waals surface area contributed by atoms with Crippen molar-refractivity contribution < 1.29 is 216 Å². The Morgan fingerprint density at radius 1 is 0.347 bits per heavy atom. The molecule has 0 spiro atoms. The van der Waals surface area contributed by atoms with E-state index in [4.69, 9.17) is 9.05 Å². The van der Waals surface area contributed by atoms with Crippen LogP contribution in [0.2, 0.25) is 0 Å². The first-order chi connectivity index (χ1) is 69.3. The molecule has 6 aromatic carbocycles. The van der Waals surface area contributed by atoms with Gasteiger partial charge in [-0.05, 0) is 165 Å². The van der Waals surface area contributed by atoms with Gasteiger partial charge in [-0.15, -0.1) is 60.7 Å². The molecule has 48 heteroatoms. The molecule has 16 rings (SSSR count). The number of hydrogen-bond acceptors (Lipinski definition) is 19. The summed E-state index contributed by atoms with van der Waals surface area (Å²) in [5, 5.41) is 12.8. The minimum atomic E-state index is -5.13. The summed E-state index contributed by atoms with van der Waals surface area (Å²) in [5.74, 6) is -15.2. The van der Waals surface area contributed by atoms with Gasteiger partial charge >= 0.3 is 12.4 Å². The minimum absolute atomic E-state index is 0. The van der Waals surface area contributed by atoms with Crippen molar-refractivity contribution in [1.29, 1.82) is 0 Å². The quantitative estimate of drug-likeness (QED) is 0.0279. The number of alkyl halides is 6. The average molecular weight is 3000 g/mol. The van der Waals surface area contributed by atoms with Crippen LogP contribution in [0.15, 0.2) is 328 Å². The van der Waals surface area contributed by atoms with Crippen molar-refractivity contribution in [2.45, 2.75) is 71.1 Å². The van der Waals surface area contributed by atoms with Crippen LogP contribution in [0.3, 0.4) is 0 Å². The molecular weight excluding hydrogens is 2930 g/mol. The number of carbonyl (C=O) groups is 4. The molecule has 0 fully saturated rings. The number of aromatic nitrogens is 10. The van der Waals surface area contributed by atoms with Gasteiger partial charge in [-0.1, -0.05) is 181 Å². The number of nitrogens with zero attached hydrogens (tertiary/aromatic N) is 15. The van der Waals surface area contributed by atoms with Crippen molar-refractivity contribution in [2.24, 2.45) is 0 Å². The smallest absolute Gasteiger partial charge is 0.432 e. The number of carbonyl (C=O) groups excluding carboxylic acids is 4. The normalized spacial score (nSPS) is 10.2. The molecule has 0 atom stereocenters. The van der Waals surface area contributed by atoms with E-state index in [1.165, 1.54) is 61.9 Å². The summed E-state index contributed by atoms with van der Waals surface area (Å²) in [7, 11) is -6.89. The van der Waals surface area contributed by atoms with Gasteiger partial charge in [0.05, 0.1) is 30.5 Å². The fourth-order valence-electron chi connectivity index (χ4n) is 10.5. The number of pyridine rings is 10. The Balaban J connectivity index is 0.000000562. The molecule has 0 aliphatic heterocycles. The zero-order chi connectivity index (χ0) is 106. The van der Waals surface area contributed by atoms with Gasteiger partial charge in [0.25, 0.3) is 0 Å². The van der Waals surface area contributed by atoms with Crippen molar-refractivity contribution in [3.8, 4) is 56.3 Å². The first kappa shape index (κ1) is 133. The largest absolute Gasteiger partial charge is 0.649 e. The Morgan fingerprint density at radius 3 is 0.980 bits per heavy atom. The zero-order valence-corrected chi connectivity index (χ0v) is 91.4. The summed E-state index contributed by atoms with van der Waals surface area (Å²) in [6, 6.07) is 77.6. The van der Waals surface area contributed by atoms with Gasteiger partial charge in [0.15, 0.2) is 11.8 Å². The number of hydrogen-bond donors (Lipinski definition) is 0. The molecule has 0 N–H and O–H groups in total. The third-order valence-corrected chi connectivity index (χ3v) is 20.0. The number of amides is 4. The summed E-state index contributed by atoms with van der Waals surface area (Å²) in [6.45, 7) is 7.82. The monoisotopic (exact) mass is 3010 g/mol. The Bertz CT molecular complexity index is 6530. The summed E-state index contributed by atoms with van der Waals surface area (Å²) in [6.07, 6.45) is 5.22. The van der Waals surface area contributed by atoms with E-state index in [0.717, 1.165) is 77.6 Å². The van der Waals surface area contributed by atoms with E-state index in [1.807, 2.05) is 55.5 Å². The van der Waals surface area contributed by atoms with Crippen LogP contribution < -0.4 is 0 Å². The maximum Gasteiger partial charge on any atom is 0.432 e. The van der Waals surface area contributed by atoms with Crippen molar-refractivity contribution in [1.82, 2.24) is 49.8 Å². The maximum atomic E-state index is 13.3. The van der Waals surface area contributed by atoms with Crippen molar-refractivity contribution >= 4 is 41.4 Å². The van der Waals surface area contributed by atoms with Crippen LogP contribution in [-0.2, 0) is 165 Å². The SMILES string of the molecule is CC(=O)[N-]Cc1ccccn1.CCOP(=O)([N-]Cc1ccccn1)OCC.Cc1ccnc(C[N-]S(=O)(=O)c2ccccc2)c1.Fc1c[c-]c(-c2ccccn2)c(F)c1.Fc1c[c-]c(-c2ccccn2)c(F)c1.Fc1c[c-]c(-c2ccccn2)c(F)c1.Fc1c[c-]c(-c2ccccn2)c(F)c1.Fc1c[c-]c(-c2ccccn2)c(F)c1F.O=C([N-]C(=O)C(F)(F)F)c1ccccn1.O=C([N-]Cc1ccccn1)C(F)(F)F.[Ir].[Ir].[Ir].[Ir].[Ir]. The standard InChI is InChI=1S/C13H13N2O2S.C11H5F3N.4C11H6F2N.C10H16N2O3P.C8H5F3N2O2.C8H7F3N2O.C8H10N2O.5Ir/c1-11-7-8-14-12(9-11)10-15-18(16,17)13-5-3-2-4-6-13;12-8-5-4-7(10(13)11(8)14)9-3-1-2-6-15-9;4*12-8-4-5-9(10(13)7-8)11-3-1-2-6-14-11;1-3-14-16(13,15-4-2)12-9-10-7-5-6-8-11-10;9-8(10,11)7(15)13-6(14)5-3-1-2-4-12-5;9-8(10,11)7(14)13-5-6-3-1-2-4-12-6;1-7(11)10-6-8-4-2-3-5-9-8;;;;;/h2-9H,10H2,1H3;1-3,5-6H;4*1-4,6-7H;5-8H,3-4,9H2,1-2H3;1-4H,(H,13,14,15);1-4H,5H2,(H,13,14);2-5H,6H2,1H3,(H,10,11);;;;;/q7*-1;;;;;;;;/p-3. The maximum absolute atomic E-state index is 13.3. The van der Waals surface area contributed by atoms with Crippen molar-refractivity contribution in [2.75, 3.05) is 13.2 Å². The van der Waals surface area contributed by atoms with Gasteiger partial charge in [0.1, 0.15) is 21.7 Å². The molecule has 4 amide bonds. The van der Waals surface area contributed by atoms with E-state index >= 15 is 0 Å². The predicted octanol–water partition coefficient (Wildman–Crippen LogP) is 25.3. The third-order valence-electron chi connectivity index (χ3n) is 17.0. The van der Waals surface area contributed by atoms with Crippen molar-refractivity contribution in [3.63, 3.8) is 0 Å². The second kappa shape index (κ2) is 70.1. The molecule has 0 aliphatic carbocycles. The van der Waals surface area contributed by atoms with Crippen LogP contribution in [0, 0.1) is 101 Å². The summed E-state index contributed by atoms with van der Waals surface area (Å²) in [4.78, 5) is 81.1. The molecule has 0 aliphatic rings. The molecule has 24 nitrogen and oxygen atoms in total. The van der Waals surface area contributed by atoms with E-state index in [1.54, 1.807) is 172 Å². The summed E-state index contributed by atoms with van der Waals surface area (Å²) < 4.78 is 262. The van der Waals surface area contributed by atoms with E-state index in [-0.39, 0.29) is 170 Å². The molecule has 5 radical (unpaired) electrons. The molecular formula is C102H77F17Ir5N15O9PS-10. The molecule has 0 unspecified atom stereocenters. The van der Waals surface area contributed by atoms with Gasteiger partial charge in [-0.25, -0.2) is 12.8 Å². The van der Waals surface area contributed by atoms with Crippen LogP contribution in [0.25, 0.3) is 82.0 Å². The van der Waals surface area contributed by atoms with Crippen LogP contribution >= 0.6 is 7.75 Å². The fraction of sp³-hybridized carbons (Fsp3) is 0.118. The number of halogens is 17. The fourth-order valence-corrected chi connectivity index (χ4v) is 12.7. The van der Waals surface area contributed by atoms with Gasteiger partial charge in [0.2, 0.25) is 7.75 Å². The van der Waals surface area contributed by atoms with Crippen LogP contribution in [0.5, 0.6) is 0 Å². The molecule has 150 heavy (non-hydrogen) atoms. The number of benzene rings is 6. The Labute approximate surface area is 917 Å². The van der Waals surface area contributed by atoms with E-state index in [9.17, 15) is 107 Å². The van der Waals surface area contributed by atoms with Gasteiger partial charge in [-0.2, -0.15) is 26.3 Å². The molecule has 0 bridgehead atoms. The molecule has 10 aromatic heterocycles. The van der Waals surface area contributed by atoms with Gasteiger partial charge < -0.3 is 78.9 Å². The molecule has 10 heterocycles. The number of sulfonamides is 1. The second-order valence-corrected chi connectivity index (χ2v) is 31.1. The first-order valence-corrected chi connectivity index (χ1v) is 44.7.